The van der Waals surface area contributed by atoms with Crippen LogP contribution < -0.4 is 10.6 Å². The summed E-state index contributed by atoms with van der Waals surface area (Å²) in [4.78, 5) is 36.2. The van der Waals surface area contributed by atoms with Crippen molar-refractivity contribution in [3.05, 3.63) is 110 Å². The van der Waals surface area contributed by atoms with Gasteiger partial charge in [0.05, 0.1) is 15.5 Å². The molecular weight excluding hydrogens is 418 g/mol. The van der Waals surface area contributed by atoms with Crippen molar-refractivity contribution in [2.24, 2.45) is 0 Å². The first-order chi connectivity index (χ1) is 14.8. The molecule has 0 aliphatic rings. The van der Waals surface area contributed by atoms with Gasteiger partial charge in [0.1, 0.15) is 5.70 Å². The maximum atomic E-state index is 12.9. The Morgan fingerprint density at radius 2 is 1.74 bits per heavy atom. The molecule has 0 saturated carbocycles. The lowest BCUT2D eigenvalue weighted by molar-refractivity contribution is -0.384. The molecule has 7 nitrogen and oxygen atoms in total. The molecule has 0 atom stereocenters. The normalized spacial score (nSPS) is 11.0. The second-order valence-corrected chi connectivity index (χ2v) is 7.07. The van der Waals surface area contributed by atoms with Crippen molar-refractivity contribution in [1.82, 2.24) is 5.32 Å². The number of halogens is 1. The minimum atomic E-state index is -0.586. The molecule has 0 fully saturated rings. The van der Waals surface area contributed by atoms with E-state index in [0.717, 1.165) is 5.56 Å². The van der Waals surface area contributed by atoms with E-state index in [4.69, 9.17) is 11.6 Å². The van der Waals surface area contributed by atoms with E-state index in [1.807, 2.05) is 13.0 Å². The molecule has 0 heterocycles. The highest BCUT2D eigenvalue weighted by Gasteiger charge is 2.17. The lowest BCUT2D eigenvalue weighted by Crippen LogP contribution is -2.31. The summed E-state index contributed by atoms with van der Waals surface area (Å²) in [5.74, 6) is -1.17. The molecule has 0 radical (unpaired) electrons. The smallest absolute Gasteiger partial charge is 0.272 e. The maximum absolute atomic E-state index is 12.9. The molecule has 156 valence electrons. The van der Waals surface area contributed by atoms with E-state index < -0.39 is 16.7 Å². The first-order valence-corrected chi connectivity index (χ1v) is 9.61. The Morgan fingerprint density at radius 3 is 2.45 bits per heavy atom. The number of nitrogens with one attached hydrogen (secondary N) is 2. The van der Waals surface area contributed by atoms with Gasteiger partial charge in [0.15, 0.2) is 0 Å². The van der Waals surface area contributed by atoms with E-state index in [-0.39, 0.29) is 22.0 Å². The Labute approximate surface area is 183 Å². The number of benzene rings is 3. The third-order valence-electron chi connectivity index (χ3n) is 4.28. The molecule has 0 unspecified atom stereocenters. The zero-order valence-corrected chi connectivity index (χ0v) is 17.2. The fourth-order valence-corrected chi connectivity index (χ4v) is 3.03. The largest absolute Gasteiger partial charge is 0.321 e. The van der Waals surface area contributed by atoms with E-state index in [1.165, 1.54) is 30.3 Å². The molecule has 0 aliphatic carbocycles. The standard InChI is InChI=1S/C23H18ClN3O4/c1-15-6-4-8-17(12-15)25-23(29)21(14-16-7-5-9-18(13-16)27(30)31)26-22(28)19-10-2-3-11-20(19)24/h2-14H,1H3,(H,25,29)(H,26,28). The minimum absolute atomic E-state index is 0.0908. The number of amides is 2. The first kappa shape index (κ1) is 21.7. The second kappa shape index (κ2) is 9.69. The highest BCUT2D eigenvalue weighted by Crippen LogP contribution is 2.18. The monoisotopic (exact) mass is 435 g/mol. The van der Waals surface area contributed by atoms with Crippen molar-refractivity contribution in [3.63, 3.8) is 0 Å². The van der Waals surface area contributed by atoms with Gasteiger partial charge in [-0.25, -0.2) is 0 Å². The third-order valence-corrected chi connectivity index (χ3v) is 4.61. The average Bonchev–Trinajstić information content (AvgIpc) is 2.73. The Balaban J connectivity index is 1.95. The summed E-state index contributed by atoms with van der Waals surface area (Å²) in [7, 11) is 0. The summed E-state index contributed by atoms with van der Waals surface area (Å²) in [5.41, 5.74) is 1.83. The van der Waals surface area contributed by atoms with Crippen molar-refractivity contribution in [3.8, 4) is 0 Å². The molecule has 3 rings (SSSR count). The molecule has 2 amide bonds. The number of anilines is 1. The van der Waals surface area contributed by atoms with Crippen LogP contribution in [0.15, 0.2) is 78.5 Å². The van der Waals surface area contributed by atoms with Gasteiger partial charge in [-0.2, -0.15) is 0 Å². The number of nitrogens with zero attached hydrogens (tertiary/aromatic N) is 1. The fourth-order valence-electron chi connectivity index (χ4n) is 2.81. The first-order valence-electron chi connectivity index (χ1n) is 9.23. The molecule has 0 spiro atoms. The Hall–Kier alpha value is -3.97. The third kappa shape index (κ3) is 5.77. The van der Waals surface area contributed by atoms with Crippen molar-refractivity contribution in [2.45, 2.75) is 6.92 Å². The minimum Gasteiger partial charge on any atom is -0.321 e. The number of carbonyl (C=O) groups excluding carboxylic acids is 2. The Bertz CT molecular complexity index is 1190. The SMILES string of the molecule is Cc1cccc(NC(=O)C(=Cc2cccc([N+](=O)[O-])c2)NC(=O)c2ccccc2Cl)c1. The van der Waals surface area contributed by atoms with Crippen molar-refractivity contribution in [2.75, 3.05) is 5.32 Å². The molecule has 2 N–H and O–H groups in total. The van der Waals surface area contributed by atoms with Crippen LogP contribution in [0.1, 0.15) is 21.5 Å². The Morgan fingerprint density at radius 1 is 1.00 bits per heavy atom. The van der Waals surface area contributed by atoms with Crippen molar-refractivity contribution >= 4 is 40.9 Å². The quantitative estimate of drug-likeness (QED) is 0.324. The molecule has 0 aromatic heterocycles. The van der Waals surface area contributed by atoms with Gasteiger partial charge in [-0.05, 0) is 48.4 Å². The van der Waals surface area contributed by atoms with Gasteiger partial charge in [0, 0.05) is 17.8 Å². The number of carbonyl (C=O) groups is 2. The number of aryl methyl sites for hydroxylation is 1. The van der Waals surface area contributed by atoms with E-state index >= 15 is 0 Å². The zero-order valence-electron chi connectivity index (χ0n) is 16.5. The van der Waals surface area contributed by atoms with Crippen LogP contribution in [0.2, 0.25) is 5.02 Å². The number of nitro benzene ring substituents is 1. The van der Waals surface area contributed by atoms with Gasteiger partial charge in [0.25, 0.3) is 17.5 Å². The predicted octanol–water partition coefficient (Wildman–Crippen LogP) is 4.97. The number of rotatable bonds is 6. The van der Waals surface area contributed by atoms with E-state index in [0.29, 0.717) is 11.3 Å². The summed E-state index contributed by atoms with van der Waals surface area (Å²) in [6.45, 7) is 1.88. The number of hydrogen-bond donors (Lipinski definition) is 2. The van der Waals surface area contributed by atoms with Crippen molar-refractivity contribution < 1.29 is 14.5 Å². The predicted molar refractivity (Wildman–Crippen MR) is 120 cm³/mol. The highest BCUT2D eigenvalue weighted by molar-refractivity contribution is 6.34. The van der Waals surface area contributed by atoms with Crippen LogP contribution in [0.3, 0.4) is 0 Å². The maximum Gasteiger partial charge on any atom is 0.272 e. The van der Waals surface area contributed by atoms with Crippen molar-refractivity contribution in [1.29, 1.82) is 0 Å². The van der Waals surface area contributed by atoms with Crippen LogP contribution in [0.5, 0.6) is 0 Å². The van der Waals surface area contributed by atoms with Gasteiger partial charge < -0.3 is 10.6 Å². The molecule has 8 heteroatoms. The second-order valence-electron chi connectivity index (χ2n) is 6.67. The van der Waals surface area contributed by atoms with Crippen LogP contribution in [-0.2, 0) is 4.79 Å². The molecule has 0 saturated heterocycles. The summed E-state index contributed by atoms with van der Waals surface area (Å²) in [5, 5.41) is 16.6. The van der Waals surface area contributed by atoms with Crippen LogP contribution in [0, 0.1) is 17.0 Å². The zero-order chi connectivity index (χ0) is 22.4. The van der Waals surface area contributed by atoms with Gasteiger partial charge >= 0.3 is 0 Å². The summed E-state index contributed by atoms with van der Waals surface area (Å²) in [6, 6.07) is 19.3. The lowest BCUT2D eigenvalue weighted by atomic mass is 10.1. The topological polar surface area (TPSA) is 101 Å². The number of non-ortho nitro benzene ring substituents is 1. The molecule has 0 bridgehead atoms. The summed E-state index contributed by atoms with van der Waals surface area (Å²) >= 11 is 6.09. The molecule has 31 heavy (non-hydrogen) atoms. The fraction of sp³-hybridized carbons (Fsp3) is 0.0435. The van der Waals surface area contributed by atoms with E-state index in [2.05, 4.69) is 10.6 Å². The van der Waals surface area contributed by atoms with Gasteiger partial charge in [-0.1, -0.05) is 48.0 Å². The van der Waals surface area contributed by atoms with Crippen LogP contribution in [-0.4, -0.2) is 16.7 Å². The lowest BCUT2D eigenvalue weighted by Gasteiger charge is -2.12. The van der Waals surface area contributed by atoms with E-state index in [9.17, 15) is 19.7 Å². The van der Waals surface area contributed by atoms with Crippen LogP contribution >= 0.6 is 11.6 Å². The van der Waals surface area contributed by atoms with Crippen LogP contribution in [0.25, 0.3) is 6.08 Å². The average molecular weight is 436 g/mol. The summed E-state index contributed by atoms with van der Waals surface area (Å²) < 4.78 is 0. The molecule has 3 aromatic rings. The number of hydrogen-bond acceptors (Lipinski definition) is 4. The Kier molecular flexibility index (Phi) is 6.79. The molecule has 3 aromatic carbocycles. The highest BCUT2D eigenvalue weighted by atomic mass is 35.5. The molecular formula is C23H18ClN3O4. The van der Waals surface area contributed by atoms with Crippen LogP contribution in [0.4, 0.5) is 11.4 Å². The number of nitro groups is 1. The summed E-state index contributed by atoms with van der Waals surface area (Å²) in [6.07, 6.45) is 1.37. The van der Waals surface area contributed by atoms with Gasteiger partial charge in [-0.15, -0.1) is 0 Å². The molecule has 0 aliphatic heterocycles. The van der Waals surface area contributed by atoms with Gasteiger partial charge in [0.2, 0.25) is 0 Å². The van der Waals surface area contributed by atoms with E-state index in [1.54, 1.807) is 42.5 Å². The van der Waals surface area contributed by atoms with Gasteiger partial charge in [-0.3, -0.25) is 19.7 Å².